The fourth-order valence-corrected chi connectivity index (χ4v) is 3.18. The number of aryl methyl sites for hydroxylation is 1. The summed E-state index contributed by atoms with van der Waals surface area (Å²) in [4.78, 5) is 3.81. The summed E-state index contributed by atoms with van der Waals surface area (Å²) < 4.78 is 27.6. The normalized spacial score (nSPS) is 11.3. The van der Waals surface area contributed by atoms with Crippen LogP contribution in [0.4, 0.5) is 11.4 Å². The quantitative estimate of drug-likeness (QED) is 0.898. The highest BCUT2D eigenvalue weighted by atomic mass is 79.9. The first-order chi connectivity index (χ1) is 8.92. The topological polar surface area (TPSA) is 85.1 Å². The molecule has 100 valence electrons. The fourth-order valence-electron chi connectivity index (χ4n) is 1.55. The van der Waals surface area contributed by atoms with E-state index >= 15 is 0 Å². The molecule has 0 amide bonds. The molecule has 0 saturated heterocycles. The highest BCUT2D eigenvalue weighted by molar-refractivity contribution is 9.10. The Morgan fingerprint density at radius 3 is 2.68 bits per heavy atom. The molecule has 3 N–H and O–H groups in total. The molecule has 19 heavy (non-hydrogen) atoms. The Balaban J connectivity index is 2.43. The molecule has 1 aromatic heterocycles. The van der Waals surface area contributed by atoms with E-state index in [1.54, 1.807) is 18.2 Å². The summed E-state index contributed by atoms with van der Waals surface area (Å²) in [5.74, 6) is 0. The van der Waals surface area contributed by atoms with Crippen LogP contribution in [0.3, 0.4) is 0 Å². The van der Waals surface area contributed by atoms with Crippen molar-refractivity contribution < 1.29 is 8.42 Å². The minimum Gasteiger partial charge on any atom is -0.396 e. The van der Waals surface area contributed by atoms with E-state index < -0.39 is 10.0 Å². The molecule has 1 heterocycles. The molecule has 0 unspecified atom stereocenters. The van der Waals surface area contributed by atoms with Crippen molar-refractivity contribution in [3.8, 4) is 0 Å². The molecule has 0 aliphatic rings. The molecule has 0 spiro atoms. The number of nitrogens with two attached hydrogens (primary N) is 1. The molecule has 0 atom stereocenters. The van der Waals surface area contributed by atoms with Gasteiger partial charge in [-0.05, 0) is 46.6 Å². The summed E-state index contributed by atoms with van der Waals surface area (Å²) in [6.07, 6.45) is 1.39. The van der Waals surface area contributed by atoms with Gasteiger partial charge in [0.15, 0.2) is 5.03 Å². The Hall–Kier alpha value is -1.60. The maximum atomic E-state index is 12.2. The molecule has 1 aromatic carbocycles. The van der Waals surface area contributed by atoms with Crippen LogP contribution >= 0.6 is 15.9 Å². The molecule has 0 bridgehead atoms. The van der Waals surface area contributed by atoms with Gasteiger partial charge in [0, 0.05) is 10.7 Å². The van der Waals surface area contributed by atoms with Crippen LogP contribution in [-0.2, 0) is 10.0 Å². The lowest BCUT2D eigenvalue weighted by atomic mass is 10.2. The molecule has 0 saturated carbocycles. The standard InChI is InChI=1S/C12H12BrN3O2S/c1-8-4-2-6-10(11(8)13)16-19(17,18)12-9(14)5-3-7-15-12/h2-7,16H,14H2,1H3. The molecule has 0 aliphatic carbocycles. The van der Waals surface area contributed by atoms with Crippen LogP contribution < -0.4 is 10.5 Å². The number of benzene rings is 1. The summed E-state index contributed by atoms with van der Waals surface area (Å²) >= 11 is 3.35. The second kappa shape index (κ2) is 5.18. The number of nitrogen functional groups attached to an aromatic ring is 1. The Kier molecular flexibility index (Phi) is 3.77. The first kappa shape index (κ1) is 13.8. The van der Waals surface area contributed by atoms with Crippen LogP contribution in [0, 0.1) is 6.92 Å². The van der Waals surface area contributed by atoms with Gasteiger partial charge in [-0.3, -0.25) is 4.72 Å². The van der Waals surface area contributed by atoms with Gasteiger partial charge >= 0.3 is 0 Å². The lowest BCUT2D eigenvalue weighted by molar-refractivity contribution is 0.598. The van der Waals surface area contributed by atoms with Crippen LogP contribution in [0.25, 0.3) is 0 Å². The fraction of sp³-hybridized carbons (Fsp3) is 0.0833. The zero-order valence-electron chi connectivity index (χ0n) is 10.1. The van der Waals surface area contributed by atoms with Gasteiger partial charge in [0.1, 0.15) is 0 Å². The zero-order chi connectivity index (χ0) is 14.0. The number of anilines is 2. The van der Waals surface area contributed by atoms with Crippen molar-refractivity contribution in [3.05, 3.63) is 46.6 Å². The van der Waals surface area contributed by atoms with E-state index in [9.17, 15) is 8.42 Å². The average Bonchev–Trinajstić information content (AvgIpc) is 2.35. The third-order valence-corrected chi connectivity index (χ3v) is 4.88. The van der Waals surface area contributed by atoms with Crippen LogP contribution in [0.1, 0.15) is 5.56 Å². The highest BCUT2D eigenvalue weighted by Gasteiger charge is 2.20. The van der Waals surface area contributed by atoms with Gasteiger partial charge in [0.05, 0.1) is 11.4 Å². The smallest absolute Gasteiger partial charge is 0.281 e. The average molecular weight is 342 g/mol. The van der Waals surface area contributed by atoms with Crippen molar-refractivity contribution in [3.63, 3.8) is 0 Å². The van der Waals surface area contributed by atoms with Gasteiger partial charge in [0.2, 0.25) is 0 Å². The van der Waals surface area contributed by atoms with Crippen molar-refractivity contribution in [1.29, 1.82) is 0 Å². The third-order valence-electron chi connectivity index (χ3n) is 2.49. The predicted octanol–water partition coefficient (Wildman–Crippen LogP) is 2.54. The number of nitrogens with zero attached hydrogens (tertiary/aromatic N) is 1. The van der Waals surface area contributed by atoms with E-state index in [0.717, 1.165) is 5.56 Å². The van der Waals surface area contributed by atoms with Gasteiger partial charge in [0.25, 0.3) is 10.0 Å². The number of hydrogen-bond acceptors (Lipinski definition) is 4. The van der Waals surface area contributed by atoms with E-state index in [0.29, 0.717) is 10.2 Å². The van der Waals surface area contributed by atoms with Crippen LogP contribution in [-0.4, -0.2) is 13.4 Å². The van der Waals surface area contributed by atoms with Gasteiger partial charge in [-0.2, -0.15) is 8.42 Å². The Morgan fingerprint density at radius 1 is 1.26 bits per heavy atom. The molecule has 0 aliphatic heterocycles. The molecule has 0 fully saturated rings. The van der Waals surface area contributed by atoms with Crippen molar-refractivity contribution in [2.24, 2.45) is 0 Å². The van der Waals surface area contributed by atoms with E-state index in [2.05, 4.69) is 25.6 Å². The van der Waals surface area contributed by atoms with Crippen molar-refractivity contribution in [1.82, 2.24) is 4.98 Å². The van der Waals surface area contributed by atoms with Gasteiger partial charge < -0.3 is 5.73 Å². The number of aromatic nitrogens is 1. The van der Waals surface area contributed by atoms with Gasteiger partial charge in [-0.1, -0.05) is 12.1 Å². The largest absolute Gasteiger partial charge is 0.396 e. The molecule has 2 aromatic rings. The number of halogens is 1. The minimum absolute atomic E-state index is 0.110. The first-order valence-electron chi connectivity index (χ1n) is 5.40. The third kappa shape index (κ3) is 2.87. The van der Waals surface area contributed by atoms with Gasteiger partial charge in [-0.25, -0.2) is 4.98 Å². The Labute approximate surface area is 120 Å². The summed E-state index contributed by atoms with van der Waals surface area (Å²) in [5, 5.41) is -0.177. The summed E-state index contributed by atoms with van der Waals surface area (Å²) in [6, 6.07) is 8.37. The first-order valence-corrected chi connectivity index (χ1v) is 7.68. The molecular weight excluding hydrogens is 330 g/mol. The molecule has 7 heteroatoms. The Bertz CT molecular complexity index is 717. The molecule has 5 nitrogen and oxygen atoms in total. The molecule has 0 radical (unpaired) electrons. The SMILES string of the molecule is Cc1cccc(NS(=O)(=O)c2ncccc2N)c1Br. The molecular formula is C12H12BrN3O2S. The molecule has 2 rings (SSSR count). The Morgan fingerprint density at radius 2 is 2.00 bits per heavy atom. The summed E-state index contributed by atoms with van der Waals surface area (Å²) in [5.41, 5.74) is 7.12. The lowest BCUT2D eigenvalue weighted by Crippen LogP contribution is -2.16. The summed E-state index contributed by atoms with van der Waals surface area (Å²) in [6.45, 7) is 1.87. The van der Waals surface area contributed by atoms with E-state index in [1.807, 2.05) is 13.0 Å². The van der Waals surface area contributed by atoms with Crippen LogP contribution in [0.15, 0.2) is 46.0 Å². The van der Waals surface area contributed by atoms with E-state index in [-0.39, 0.29) is 10.7 Å². The number of nitrogens with one attached hydrogen (secondary N) is 1. The zero-order valence-corrected chi connectivity index (χ0v) is 12.5. The van der Waals surface area contributed by atoms with Crippen molar-refractivity contribution in [2.75, 3.05) is 10.5 Å². The van der Waals surface area contributed by atoms with Crippen molar-refractivity contribution >= 4 is 37.3 Å². The number of hydrogen-bond donors (Lipinski definition) is 2. The second-order valence-corrected chi connectivity index (χ2v) is 6.33. The number of sulfonamides is 1. The number of rotatable bonds is 3. The highest BCUT2D eigenvalue weighted by Crippen LogP contribution is 2.28. The maximum absolute atomic E-state index is 12.2. The minimum atomic E-state index is -3.80. The summed E-state index contributed by atoms with van der Waals surface area (Å²) in [7, 11) is -3.80. The maximum Gasteiger partial charge on any atom is 0.281 e. The number of pyridine rings is 1. The van der Waals surface area contributed by atoms with E-state index in [4.69, 9.17) is 5.73 Å². The predicted molar refractivity (Wildman–Crippen MR) is 78.3 cm³/mol. The second-order valence-electron chi connectivity index (χ2n) is 3.94. The van der Waals surface area contributed by atoms with Crippen LogP contribution in [0.5, 0.6) is 0 Å². The van der Waals surface area contributed by atoms with Crippen LogP contribution in [0.2, 0.25) is 0 Å². The van der Waals surface area contributed by atoms with E-state index in [1.165, 1.54) is 12.3 Å². The lowest BCUT2D eigenvalue weighted by Gasteiger charge is -2.11. The monoisotopic (exact) mass is 341 g/mol. The van der Waals surface area contributed by atoms with Gasteiger partial charge in [-0.15, -0.1) is 0 Å². The van der Waals surface area contributed by atoms with Crippen molar-refractivity contribution in [2.45, 2.75) is 11.9 Å².